The van der Waals surface area contributed by atoms with E-state index in [1.54, 1.807) is 0 Å². The number of hydrogen-bond acceptors (Lipinski definition) is 12. The third-order valence-corrected chi connectivity index (χ3v) is 9.91. The second-order valence-corrected chi connectivity index (χ2v) is 15.2. The Bertz CT molecular complexity index is 1140. The van der Waals surface area contributed by atoms with Gasteiger partial charge in [0.05, 0.1) is 6.61 Å². The Morgan fingerprint density at radius 1 is 0.574 bits per heavy atom. The van der Waals surface area contributed by atoms with E-state index in [1.165, 1.54) is 32.1 Å². The minimum absolute atomic E-state index is 0.0837. The second-order valence-electron chi connectivity index (χ2n) is 13.8. The number of carbonyl (C=O) groups is 2. The molecule has 54 heavy (non-hydrogen) atoms. The summed E-state index contributed by atoms with van der Waals surface area (Å²) in [6.45, 7) is 3.14. The lowest BCUT2D eigenvalue weighted by Crippen LogP contribution is -2.64. The van der Waals surface area contributed by atoms with E-state index >= 15 is 0 Å². The molecule has 0 aliphatic heterocycles. The number of ether oxygens (including phenoxy) is 2. The summed E-state index contributed by atoms with van der Waals surface area (Å²) in [7, 11) is -5.12. The van der Waals surface area contributed by atoms with Gasteiger partial charge in [0.25, 0.3) is 0 Å². The van der Waals surface area contributed by atoms with Gasteiger partial charge in [0.1, 0.15) is 43.2 Å². The molecule has 312 valence electrons. The fourth-order valence-corrected chi connectivity index (χ4v) is 6.60. The average molecular weight is 789 g/mol. The van der Waals surface area contributed by atoms with Crippen LogP contribution >= 0.6 is 7.82 Å². The third-order valence-electron chi connectivity index (χ3n) is 8.92. The van der Waals surface area contributed by atoms with Crippen LogP contribution in [0.5, 0.6) is 0 Å². The van der Waals surface area contributed by atoms with Crippen molar-refractivity contribution in [2.45, 2.75) is 179 Å². The maximum atomic E-state index is 12.7. The first-order valence-corrected chi connectivity index (χ1v) is 21.4. The van der Waals surface area contributed by atoms with Gasteiger partial charge in [-0.25, -0.2) is 4.57 Å². The highest BCUT2D eigenvalue weighted by atomic mass is 31.2. The van der Waals surface area contributed by atoms with Crippen molar-refractivity contribution in [1.29, 1.82) is 0 Å². The standard InChI is InChI=1S/C40H69O13P/c1-3-5-7-9-11-13-14-15-16-17-18-19-20-21-23-24-26-28-33(41)50-30-32(52-34(42)29-27-25-22-12-10-8-6-4-2)31-51-54(48,49)53-40-38(46)36(44)35(43)37(45)39(40)47/h11,13,15-16,18-19,21,23,32,35-40,43-47H,3-10,12,14,17,20,22,24-31H2,1-2H3,(H,48,49)/b13-11+,16-15+,19-18+,23-21+/t32-,35?,36-,37?,38?,39?,40?/m0/s1. The van der Waals surface area contributed by atoms with E-state index in [-0.39, 0.29) is 12.8 Å². The molecule has 0 aromatic carbocycles. The van der Waals surface area contributed by atoms with E-state index in [4.69, 9.17) is 18.5 Å². The van der Waals surface area contributed by atoms with E-state index in [0.717, 1.165) is 57.8 Å². The van der Waals surface area contributed by atoms with Gasteiger partial charge in [0.15, 0.2) is 6.10 Å². The van der Waals surface area contributed by atoms with Gasteiger partial charge >= 0.3 is 19.8 Å². The fourth-order valence-electron chi connectivity index (χ4n) is 5.63. The number of phosphoric ester groups is 1. The molecule has 0 amide bonds. The van der Waals surface area contributed by atoms with Gasteiger partial charge in [-0.15, -0.1) is 0 Å². The largest absolute Gasteiger partial charge is 0.472 e. The molecule has 1 aliphatic rings. The van der Waals surface area contributed by atoms with Crippen molar-refractivity contribution in [2.75, 3.05) is 13.2 Å². The molecular weight excluding hydrogens is 719 g/mol. The molecule has 8 atom stereocenters. The lowest BCUT2D eigenvalue weighted by atomic mass is 9.85. The number of aliphatic hydroxyl groups is 5. The van der Waals surface area contributed by atoms with Crippen LogP contribution in [0.15, 0.2) is 48.6 Å². The Morgan fingerprint density at radius 2 is 1.02 bits per heavy atom. The highest BCUT2D eigenvalue weighted by molar-refractivity contribution is 7.47. The fraction of sp³-hybridized carbons (Fsp3) is 0.750. The molecule has 14 heteroatoms. The minimum atomic E-state index is -5.12. The molecule has 1 fully saturated rings. The molecule has 1 saturated carbocycles. The quantitative estimate of drug-likeness (QED) is 0.0194. The number of allylic oxidation sites excluding steroid dienone is 8. The van der Waals surface area contributed by atoms with E-state index in [0.29, 0.717) is 19.3 Å². The van der Waals surface area contributed by atoms with Crippen molar-refractivity contribution in [3.05, 3.63) is 48.6 Å². The van der Waals surface area contributed by atoms with Gasteiger partial charge in [-0.1, -0.05) is 120 Å². The van der Waals surface area contributed by atoms with Crippen molar-refractivity contribution in [2.24, 2.45) is 0 Å². The number of carbonyl (C=O) groups excluding carboxylic acids is 2. The van der Waals surface area contributed by atoms with Crippen molar-refractivity contribution in [1.82, 2.24) is 0 Å². The summed E-state index contributed by atoms with van der Waals surface area (Å²) >= 11 is 0. The molecule has 1 rings (SSSR count). The number of unbranched alkanes of at least 4 members (excludes halogenated alkanes) is 11. The molecule has 6 N–H and O–H groups in total. The number of hydrogen-bond donors (Lipinski definition) is 6. The van der Waals surface area contributed by atoms with Gasteiger partial charge in [-0.3, -0.25) is 18.6 Å². The molecule has 0 aromatic heterocycles. The van der Waals surface area contributed by atoms with Gasteiger partial charge in [0.2, 0.25) is 0 Å². The van der Waals surface area contributed by atoms with Crippen molar-refractivity contribution >= 4 is 19.8 Å². The summed E-state index contributed by atoms with van der Waals surface area (Å²) < 4.78 is 33.2. The summed E-state index contributed by atoms with van der Waals surface area (Å²) in [5.41, 5.74) is 0. The van der Waals surface area contributed by atoms with Crippen molar-refractivity contribution in [3.63, 3.8) is 0 Å². The molecule has 0 bridgehead atoms. The van der Waals surface area contributed by atoms with Gasteiger partial charge in [-0.05, 0) is 51.4 Å². The molecule has 0 aromatic rings. The predicted octanol–water partition coefficient (Wildman–Crippen LogP) is 6.44. The smallest absolute Gasteiger partial charge is 0.462 e. The van der Waals surface area contributed by atoms with E-state index in [1.807, 2.05) is 12.2 Å². The average Bonchev–Trinajstić information content (AvgIpc) is 3.15. The Balaban J connectivity index is 2.54. The third kappa shape index (κ3) is 23.7. The predicted molar refractivity (Wildman–Crippen MR) is 207 cm³/mol. The first-order valence-electron chi connectivity index (χ1n) is 19.9. The Kier molecular flexibility index (Phi) is 28.6. The molecule has 0 radical (unpaired) electrons. The number of rotatable bonds is 31. The highest BCUT2D eigenvalue weighted by Crippen LogP contribution is 2.47. The normalized spacial score (nSPS) is 23.8. The number of phosphoric acid groups is 1. The maximum Gasteiger partial charge on any atom is 0.472 e. The van der Waals surface area contributed by atoms with Gasteiger partial charge in [0, 0.05) is 12.8 Å². The molecule has 13 nitrogen and oxygen atoms in total. The van der Waals surface area contributed by atoms with Crippen LogP contribution in [-0.2, 0) is 32.7 Å². The van der Waals surface area contributed by atoms with E-state index in [9.17, 15) is 44.6 Å². The molecular formula is C40H69O13P. The zero-order chi connectivity index (χ0) is 40.0. The summed E-state index contributed by atoms with van der Waals surface area (Å²) in [5.74, 6) is -1.17. The van der Waals surface area contributed by atoms with Gasteiger partial charge < -0.3 is 39.9 Å². The lowest BCUT2D eigenvalue weighted by Gasteiger charge is -2.41. The van der Waals surface area contributed by atoms with Crippen LogP contribution in [0, 0.1) is 0 Å². The topological polar surface area (TPSA) is 210 Å². The zero-order valence-corrected chi connectivity index (χ0v) is 33.4. The summed E-state index contributed by atoms with van der Waals surface area (Å²) in [4.78, 5) is 35.4. The molecule has 6 unspecified atom stereocenters. The highest BCUT2D eigenvalue weighted by Gasteiger charge is 2.51. The van der Waals surface area contributed by atoms with Crippen LogP contribution < -0.4 is 0 Å². The van der Waals surface area contributed by atoms with Crippen LogP contribution in [0.1, 0.15) is 136 Å². The number of esters is 2. The monoisotopic (exact) mass is 788 g/mol. The zero-order valence-electron chi connectivity index (χ0n) is 32.5. The maximum absolute atomic E-state index is 12.7. The van der Waals surface area contributed by atoms with Gasteiger partial charge in [-0.2, -0.15) is 0 Å². The second kappa shape index (κ2) is 31.0. The Hall–Kier alpha value is -2.19. The molecule has 0 spiro atoms. The Morgan fingerprint density at radius 3 is 1.57 bits per heavy atom. The molecule has 1 aliphatic carbocycles. The first kappa shape index (κ1) is 49.8. The van der Waals surface area contributed by atoms with Crippen LogP contribution in [0.2, 0.25) is 0 Å². The van der Waals surface area contributed by atoms with Crippen molar-refractivity contribution < 1.29 is 63.1 Å². The SMILES string of the molecule is CCCCC/C=C/C/C=C/C/C=C/C/C=C/CCCC(=O)OC[C@@H](COP(=O)(O)OC1C(O)C(O)C(O)[C@H](O)C1O)OC(=O)CCCCCCCCCC. The molecule has 0 heterocycles. The lowest BCUT2D eigenvalue weighted by molar-refractivity contribution is -0.220. The van der Waals surface area contributed by atoms with E-state index in [2.05, 4.69) is 50.3 Å². The Labute approximate surface area is 322 Å². The van der Waals surface area contributed by atoms with Crippen molar-refractivity contribution in [3.8, 4) is 0 Å². The van der Waals surface area contributed by atoms with E-state index < -0.39 is 75.7 Å². The van der Waals surface area contributed by atoms with Crippen LogP contribution in [0.3, 0.4) is 0 Å². The summed E-state index contributed by atoms with van der Waals surface area (Å²) in [6, 6.07) is 0. The summed E-state index contributed by atoms with van der Waals surface area (Å²) in [5, 5.41) is 49.9. The van der Waals surface area contributed by atoms with Crippen LogP contribution in [0.25, 0.3) is 0 Å². The molecule has 0 saturated heterocycles. The first-order chi connectivity index (χ1) is 25.9. The van der Waals surface area contributed by atoms with Crippen LogP contribution in [-0.4, -0.2) is 98.3 Å². The van der Waals surface area contributed by atoms with Crippen LogP contribution in [0.4, 0.5) is 0 Å². The number of aliphatic hydroxyl groups excluding tert-OH is 5. The minimum Gasteiger partial charge on any atom is -0.462 e. The summed E-state index contributed by atoms with van der Waals surface area (Å²) in [6.07, 6.45) is 20.7.